The molecule has 0 saturated carbocycles. The van der Waals surface area contributed by atoms with E-state index in [1.165, 1.54) is 4.80 Å². The number of carbonyl (C=O) groups is 1. The van der Waals surface area contributed by atoms with Crippen LogP contribution in [0.15, 0.2) is 59.1 Å². The zero-order valence-electron chi connectivity index (χ0n) is 15.5. The van der Waals surface area contributed by atoms with Gasteiger partial charge in [0, 0.05) is 17.2 Å². The third kappa shape index (κ3) is 3.80. The molecule has 4 rings (SSSR count). The van der Waals surface area contributed by atoms with Crippen molar-refractivity contribution >= 4 is 11.8 Å². The molecule has 2 aromatic heterocycles. The minimum absolute atomic E-state index is 0.0839. The van der Waals surface area contributed by atoms with Gasteiger partial charge >= 0.3 is 0 Å². The molecule has 0 radical (unpaired) electrons. The van der Waals surface area contributed by atoms with E-state index in [4.69, 9.17) is 4.52 Å². The van der Waals surface area contributed by atoms with E-state index in [0.29, 0.717) is 11.5 Å². The third-order valence-corrected chi connectivity index (χ3v) is 4.24. The SMILES string of the molecule is Cc1ccc(-c2cc(NC(=O)Cn3nnc(-c4ccccc4C)n3)on2)cc1. The lowest BCUT2D eigenvalue weighted by Gasteiger charge is -2.00. The molecule has 0 aliphatic carbocycles. The standard InChI is InChI=1S/C20H18N6O2/c1-13-7-9-15(10-8-13)17-11-19(28-24-17)21-18(27)12-26-23-20(22-25-26)16-6-4-3-5-14(16)2/h3-11H,12H2,1-2H3,(H,21,27). The number of carbonyl (C=O) groups excluding carboxylic acids is 1. The van der Waals surface area contributed by atoms with Gasteiger partial charge in [-0.2, -0.15) is 4.80 Å². The normalized spacial score (nSPS) is 10.8. The molecule has 0 fully saturated rings. The van der Waals surface area contributed by atoms with Gasteiger partial charge in [0.1, 0.15) is 12.2 Å². The monoisotopic (exact) mass is 374 g/mol. The maximum Gasteiger partial charge on any atom is 0.250 e. The van der Waals surface area contributed by atoms with Gasteiger partial charge in [-0.05, 0) is 24.6 Å². The smallest absolute Gasteiger partial charge is 0.250 e. The van der Waals surface area contributed by atoms with Gasteiger partial charge in [0.25, 0.3) is 0 Å². The Bertz CT molecular complexity index is 1110. The molecule has 0 bridgehead atoms. The Hall–Kier alpha value is -3.81. The molecule has 28 heavy (non-hydrogen) atoms. The lowest BCUT2D eigenvalue weighted by molar-refractivity contribution is -0.117. The molecule has 0 spiro atoms. The van der Waals surface area contributed by atoms with E-state index in [0.717, 1.165) is 22.3 Å². The second-order valence-corrected chi connectivity index (χ2v) is 6.45. The summed E-state index contributed by atoms with van der Waals surface area (Å²) in [5.41, 5.74) is 4.64. The quantitative estimate of drug-likeness (QED) is 0.576. The topological polar surface area (TPSA) is 98.7 Å². The van der Waals surface area contributed by atoms with Crippen LogP contribution in [0.3, 0.4) is 0 Å². The van der Waals surface area contributed by atoms with Crippen molar-refractivity contribution in [2.45, 2.75) is 20.4 Å². The Morgan fingerprint density at radius 2 is 1.89 bits per heavy atom. The Morgan fingerprint density at radius 3 is 2.68 bits per heavy atom. The van der Waals surface area contributed by atoms with Crippen LogP contribution in [0.2, 0.25) is 0 Å². The first-order chi connectivity index (χ1) is 13.6. The second kappa shape index (κ2) is 7.43. The van der Waals surface area contributed by atoms with Crippen molar-refractivity contribution in [2.24, 2.45) is 0 Å². The number of anilines is 1. The van der Waals surface area contributed by atoms with Crippen molar-refractivity contribution in [1.29, 1.82) is 0 Å². The van der Waals surface area contributed by atoms with E-state index in [9.17, 15) is 4.79 Å². The average molecular weight is 374 g/mol. The van der Waals surface area contributed by atoms with Gasteiger partial charge in [-0.25, -0.2) is 0 Å². The van der Waals surface area contributed by atoms with Crippen LogP contribution in [0.5, 0.6) is 0 Å². The van der Waals surface area contributed by atoms with Gasteiger partial charge in [-0.1, -0.05) is 59.3 Å². The van der Waals surface area contributed by atoms with Crippen LogP contribution >= 0.6 is 0 Å². The fourth-order valence-corrected chi connectivity index (χ4v) is 2.74. The predicted molar refractivity (Wildman–Crippen MR) is 103 cm³/mol. The number of amides is 1. The highest BCUT2D eigenvalue weighted by Crippen LogP contribution is 2.22. The van der Waals surface area contributed by atoms with Crippen molar-refractivity contribution in [2.75, 3.05) is 5.32 Å². The van der Waals surface area contributed by atoms with Crippen LogP contribution in [0.4, 0.5) is 5.88 Å². The molecule has 0 saturated heterocycles. The first kappa shape index (κ1) is 17.6. The number of hydrogen-bond donors (Lipinski definition) is 1. The van der Waals surface area contributed by atoms with Gasteiger partial charge in [0.05, 0.1) is 0 Å². The zero-order chi connectivity index (χ0) is 19.5. The highest BCUT2D eigenvalue weighted by atomic mass is 16.5. The minimum Gasteiger partial charge on any atom is -0.338 e. The number of aromatic nitrogens is 5. The van der Waals surface area contributed by atoms with E-state index in [1.54, 1.807) is 6.07 Å². The summed E-state index contributed by atoms with van der Waals surface area (Å²) in [6, 6.07) is 17.3. The number of rotatable bonds is 5. The Kier molecular flexibility index (Phi) is 4.67. The van der Waals surface area contributed by atoms with Gasteiger partial charge in [-0.15, -0.1) is 10.2 Å². The fourth-order valence-electron chi connectivity index (χ4n) is 2.74. The number of aryl methyl sites for hydroxylation is 2. The van der Waals surface area contributed by atoms with E-state index in [-0.39, 0.29) is 18.3 Å². The summed E-state index contributed by atoms with van der Waals surface area (Å²) in [4.78, 5) is 13.5. The molecule has 2 heterocycles. The number of nitrogens with one attached hydrogen (secondary N) is 1. The second-order valence-electron chi connectivity index (χ2n) is 6.45. The summed E-state index contributed by atoms with van der Waals surface area (Å²) in [6.07, 6.45) is 0. The van der Waals surface area contributed by atoms with Crippen molar-refractivity contribution < 1.29 is 9.32 Å². The van der Waals surface area contributed by atoms with Gasteiger partial charge in [0.2, 0.25) is 17.6 Å². The minimum atomic E-state index is -0.333. The van der Waals surface area contributed by atoms with Crippen LogP contribution in [-0.4, -0.2) is 31.3 Å². The maximum atomic E-state index is 12.3. The molecule has 0 unspecified atom stereocenters. The van der Waals surface area contributed by atoms with E-state index >= 15 is 0 Å². The highest BCUT2D eigenvalue weighted by molar-refractivity contribution is 5.89. The zero-order valence-corrected chi connectivity index (χ0v) is 15.5. The van der Waals surface area contributed by atoms with Crippen molar-refractivity contribution in [3.63, 3.8) is 0 Å². The predicted octanol–water partition coefficient (Wildman–Crippen LogP) is 3.25. The highest BCUT2D eigenvalue weighted by Gasteiger charge is 2.13. The van der Waals surface area contributed by atoms with E-state index in [2.05, 4.69) is 25.9 Å². The lowest BCUT2D eigenvalue weighted by atomic mass is 10.1. The number of nitrogens with zero attached hydrogens (tertiary/aromatic N) is 5. The maximum absolute atomic E-state index is 12.3. The largest absolute Gasteiger partial charge is 0.338 e. The fraction of sp³-hybridized carbons (Fsp3) is 0.150. The van der Waals surface area contributed by atoms with Crippen LogP contribution in [-0.2, 0) is 11.3 Å². The van der Waals surface area contributed by atoms with E-state index in [1.807, 2.05) is 62.4 Å². The van der Waals surface area contributed by atoms with Gasteiger partial charge in [0.15, 0.2) is 0 Å². The van der Waals surface area contributed by atoms with E-state index < -0.39 is 0 Å². The van der Waals surface area contributed by atoms with Gasteiger partial charge < -0.3 is 4.52 Å². The molecule has 140 valence electrons. The van der Waals surface area contributed by atoms with Gasteiger partial charge in [-0.3, -0.25) is 10.1 Å². The number of benzene rings is 2. The van der Waals surface area contributed by atoms with Crippen LogP contribution in [0.1, 0.15) is 11.1 Å². The summed E-state index contributed by atoms with van der Waals surface area (Å²) >= 11 is 0. The summed E-state index contributed by atoms with van der Waals surface area (Å²) in [5, 5.41) is 18.9. The van der Waals surface area contributed by atoms with Crippen LogP contribution < -0.4 is 5.32 Å². The Labute approximate surface area is 161 Å². The molecule has 1 amide bonds. The Morgan fingerprint density at radius 1 is 1.11 bits per heavy atom. The molecular weight excluding hydrogens is 356 g/mol. The molecule has 2 aromatic carbocycles. The first-order valence-corrected chi connectivity index (χ1v) is 8.76. The first-order valence-electron chi connectivity index (χ1n) is 8.76. The Balaban J connectivity index is 1.41. The number of hydrogen-bond acceptors (Lipinski definition) is 6. The molecule has 4 aromatic rings. The molecule has 0 aliphatic rings. The molecule has 8 nitrogen and oxygen atoms in total. The van der Waals surface area contributed by atoms with Crippen molar-refractivity contribution in [1.82, 2.24) is 25.4 Å². The van der Waals surface area contributed by atoms with Crippen molar-refractivity contribution in [3.8, 4) is 22.6 Å². The molecule has 1 N–H and O–H groups in total. The third-order valence-electron chi connectivity index (χ3n) is 4.24. The van der Waals surface area contributed by atoms with Crippen molar-refractivity contribution in [3.05, 3.63) is 65.7 Å². The molecular formula is C20H18N6O2. The molecule has 0 aliphatic heterocycles. The lowest BCUT2D eigenvalue weighted by Crippen LogP contribution is -2.20. The van der Waals surface area contributed by atoms with Crippen LogP contribution in [0, 0.1) is 13.8 Å². The summed E-state index contributed by atoms with van der Waals surface area (Å²) < 4.78 is 5.20. The summed E-state index contributed by atoms with van der Waals surface area (Å²) in [7, 11) is 0. The summed E-state index contributed by atoms with van der Waals surface area (Å²) in [6.45, 7) is 3.90. The summed E-state index contributed by atoms with van der Waals surface area (Å²) in [5.74, 6) is 0.410. The number of tetrazole rings is 1. The van der Waals surface area contributed by atoms with Crippen LogP contribution in [0.25, 0.3) is 22.6 Å². The average Bonchev–Trinajstić information content (AvgIpc) is 3.32. The molecule has 8 heteroatoms. The molecule has 0 atom stereocenters.